The lowest BCUT2D eigenvalue weighted by Gasteiger charge is -2.25. The van der Waals surface area contributed by atoms with Crippen LogP contribution >= 0.6 is 0 Å². The van der Waals surface area contributed by atoms with Crippen LogP contribution in [0.4, 0.5) is 5.69 Å². The van der Waals surface area contributed by atoms with Gasteiger partial charge in [0, 0.05) is 12.1 Å². The van der Waals surface area contributed by atoms with Gasteiger partial charge >= 0.3 is 0 Å². The summed E-state index contributed by atoms with van der Waals surface area (Å²) in [6.45, 7) is 1.79. The van der Waals surface area contributed by atoms with Gasteiger partial charge in [0.15, 0.2) is 0 Å². The molecule has 3 aromatic rings. The smallest absolute Gasteiger partial charge is 0.238 e. The molecule has 1 N–H and O–H groups in total. The lowest BCUT2D eigenvalue weighted by atomic mass is 10.1. The van der Waals surface area contributed by atoms with E-state index < -0.39 is 0 Å². The molecule has 1 aliphatic rings. The fraction of sp³-hybridized carbons (Fsp3) is 0.227. The van der Waals surface area contributed by atoms with E-state index in [1.807, 2.05) is 54.6 Å². The van der Waals surface area contributed by atoms with Gasteiger partial charge in [-0.05, 0) is 30.2 Å². The van der Waals surface area contributed by atoms with Crippen LogP contribution in [0.2, 0.25) is 0 Å². The van der Waals surface area contributed by atoms with Gasteiger partial charge < -0.3 is 14.5 Å². The van der Waals surface area contributed by atoms with E-state index in [-0.39, 0.29) is 5.91 Å². The van der Waals surface area contributed by atoms with Crippen LogP contribution < -0.4 is 10.1 Å². The average molecular weight is 362 g/mol. The summed E-state index contributed by atoms with van der Waals surface area (Å²) in [5, 5.41) is 2.93. The summed E-state index contributed by atoms with van der Waals surface area (Å²) < 4.78 is 11.3. The lowest BCUT2D eigenvalue weighted by molar-refractivity contribution is -0.117. The van der Waals surface area contributed by atoms with Crippen molar-refractivity contribution in [2.45, 2.75) is 13.0 Å². The third kappa shape index (κ3) is 3.88. The summed E-state index contributed by atoms with van der Waals surface area (Å²) in [7, 11) is 1.60. The van der Waals surface area contributed by atoms with Crippen LogP contribution in [-0.4, -0.2) is 31.0 Å². The van der Waals surface area contributed by atoms with E-state index in [1.54, 1.807) is 7.11 Å². The van der Waals surface area contributed by atoms with Crippen molar-refractivity contribution in [2.24, 2.45) is 0 Å². The molecule has 0 radical (unpaired) electrons. The van der Waals surface area contributed by atoms with Gasteiger partial charge in [0.05, 0.1) is 25.9 Å². The summed E-state index contributed by atoms with van der Waals surface area (Å²) in [6, 6.07) is 19.6. The van der Waals surface area contributed by atoms with E-state index in [9.17, 15) is 4.79 Å². The highest BCUT2D eigenvalue weighted by atomic mass is 16.5. The van der Waals surface area contributed by atoms with E-state index in [2.05, 4.69) is 16.3 Å². The number of hydrogen-bond acceptors (Lipinski definition) is 4. The Morgan fingerprint density at radius 2 is 1.93 bits per heavy atom. The molecule has 5 heteroatoms. The second-order valence-corrected chi connectivity index (χ2v) is 6.63. The van der Waals surface area contributed by atoms with Crippen molar-refractivity contribution in [3.05, 3.63) is 72.0 Å². The fourth-order valence-corrected chi connectivity index (χ4v) is 3.39. The van der Waals surface area contributed by atoms with Crippen molar-refractivity contribution in [2.75, 3.05) is 25.5 Å². The molecule has 2 heterocycles. The maximum absolute atomic E-state index is 12.4. The first kappa shape index (κ1) is 17.4. The Kier molecular flexibility index (Phi) is 4.94. The van der Waals surface area contributed by atoms with Gasteiger partial charge in [-0.1, -0.05) is 42.5 Å². The SMILES string of the molecule is COc1ccccc1NC(=O)CN1CCc2cc(-c3ccccc3)oc2C1. The second kappa shape index (κ2) is 7.68. The number of carbonyl (C=O) groups is 1. The molecular weight excluding hydrogens is 340 g/mol. The number of nitrogens with zero attached hydrogens (tertiary/aromatic N) is 1. The molecule has 138 valence electrons. The van der Waals surface area contributed by atoms with Crippen molar-refractivity contribution >= 4 is 11.6 Å². The molecule has 1 amide bonds. The third-order valence-electron chi connectivity index (χ3n) is 4.77. The van der Waals surface area contributed by atoms with Crippen molar-refractivity contribution in [1.82, 2.24) is 4.90 Å². The molecule has 0 unspecified atom stereocenters. The van der Waals surface area contributed by atoms with Gasteiger partial charge in [-0.15, -0.1) is 0 Å². The first-order valence-electron chi connectivity index (χ1n) is 9.05. The number of para-hydroxylation sites is 2. The number of rotatable bonds is 5. The molecule has 0 saturated carbocycles. The lowest BCUT2D eigenvalue weighted by Crippen LogP contribution is -2.36. The number of benzene rings is 2. The number of ether oxygens (including phenoxy) is 1. The van der Waals surface area contributed by atoms with Gasteiger partial charge in [0.25, 0.3) is 0 Å². The first-order valence-corrected chi connectivity index (χ1v) is 9.05. The Labute approximate surface area is 158 Å². The minimum absolute atomic E-state index is 0.0576. The minimum atomic E-state index is -0.0576. The van der Waals surface area contributed by atoms with E-state index in [0.717, 1.165) is 30.0 Å². The summed E-state index contributed by atoms with van der Waals surface area (Å²) in [6.07, 6.45) is 0.883. The summed E-state index contributed by atoms with van der Waals surface area (Å²) in [5.41, 5.74) is 3.00. The van der Waals surface area contributed by atoms with E-state index in [1.165, 1.54) is 5.56 Å². The second-order valence-electron chi connectivity index (χ2n) is 6.63. The van der Waals surface area contributed by atoms with Crippen LogP contribution in [0.5, 0.6) is 5.75 Å². The van der Waals surface area contributed by atoms with Crippen LogP contribution in [0, 0.1) is 0 Å². The monoisotopic (exact) mass is 362 g/mol. The molecule has 27 heavy (non-hydrogen) atoms. The topological polar surface area (TPSA) is 54.7 Å². The first-order chi connectivity index (χ1) is 13.2. The number of anilines is 1. The van der Waals surface area contributed by atoms with Gasteiger partial charge in [0.2, 0.25) is 5.91 Å². The standard InChI is InChI=1S/C22H22N2O3/c1-26-19-10-6-5-9-18(19)23-22(25)15-24-12-11-17-13-20(27-21(17)14-24)16-7-3-2-4-8-16/h2-10,13H,11-12,14-15H2,1H3,(H,23,25). The number of furan rings is 1. The Morgan fingerprint density at radius 3 is 2.74 bits per heavy atom. The Morgan fingerprint density at radius 1 is 1.15 bits per heavy atom. The fourth-order valence-electron chi connectivity index (χ4n) is 3.39. The Balaban J connectivity index is 1.41. The van der Waals surface area contributed by atoms with E-state index in [4.69, 9.17) is 9.15 Å². The van der Waals surface area contributed by atoms with E-state index in [0.29, 0.717) is 24.5 Å². The number of hydrogen-bond donors (Lipinski definition) is 1. The number of fused-ring (bicyclic) bond motifs is 1. The molecule has 0 atom stereocenters. The van der Waals surface area contributed by atoms with Crippen LogP contribution in [-0.2, 0) is 17.8 Å². The third-order valence-corrected chi connectivity index (χ3v) is 4.77. The molecule has 5 nitrogen and oxygen atoms in total. The average Bonchev–Trinajstić information content (AvgIpc) is 3.12. The molecule has 1 aliphatic heterocycles. The van der Waals surface area contributed by atoms with Crippen LogP contribution in [0.25, 0.3) is 11.3 Å². The zero-order valence-corrected chi connectivity index (χ0v) is 15.3. The highest BCUT2D eigenvalue weighted by Gasteiger charge is 2.23. The minimum Gasteiger partial charge on any atom is -0.495 e. The summed E-state index contributed by atoms with van der Waals surface area (Å²) >= 11 is 0. The molecule has 0 spiro atoms. The van der Waals surface area contributed by atoms with Crippen molar-refractivity contribution in [3.8, 4) is 17.1 Å². The maximum Gasteiger partial charge on any atom is 0.238 e. The van der Waals surface area contributed by atoms with Crippen molar-refractivity contribution < 1.29 is 13.9 Å². The Bertz CT molecular complexity index is 934. The maximum atomic E-state index is 12.4. The zero-order valence-electron chi connectivity index (χ0n) is 15.3. The van der Waals surface area contributed by atoms with Gasteiger partial charge in [-0.3, -0.25) is 9.69 Å². The van der Waals surface area contributed by atoms with Gasteiger partial charge in [-0.25, -0.2) is 0 Å². The van der Waals surface area contributed by atoms with E-state index >= 15 is 0 Å². The molecule has 1 aromatic heterocycles. The predicted molar refractivity (Wildman–Crippen MR) is 105 cm³/mol. The molecule has 0 bridgehead atoms. The zero-order chi connectivity index (χ0) is 18.6. The predicted octanol–water partition coefficient (Wildman–Crippen LogP) is 3.95. The normalized spacial score (nSPS) is 13.8. The molecule has 2 aromatic carbocycles. The highest BCUT2D eigenvalue weighted by Crippen LogP contribution is 2.29. The number of carbonyl (C=O) groups excluding carboxylic acids is 1. The molecular formula is C22H22N2O3. The molecule has 0 aliphatic carbocycles. The van der Waals surface area contributed by atoms with Crippen LogP contribution in [0.1, 0.15) is 11.3 Å². The van der Waals surface area contributed by atoms with Crippen molar-refractivity contribution in [1.29, 1.82) is 0 Å². The Hall–Kier alpha value is -3.05. The van der Waals surface area contributed by atoms with Crippen molar-refractivity contribution in [3.63, 3.8) is 0 Å². The van der Waals surface area contributed by atoms with Crippen LogP contribution in [0.15, 0.2) is 65.1 Å². The van der Waals surface area contributed by atoms with Crippen LogP contribution in [0.3, 0.4) is 0 Å². The molecule has 0 saturated heterocycles. The number of nitrogens with one attached hydrogen (secondary N) is 1. The number of methoxy groups -OCH3 is 1. The molecule has 0 fully saturated rings. The summed E-state index contributed by atoms with van der Waals surface area (Å²) in [4.78, 5) is 14.6. The van der Waals surface area contributed by atoms with Gasteiger partial charge in [-0.2, -0.15) is 0 Å². The highest BCUT2D eigenvalue weighted by molar-refractivity contribution is 5.93. The van der Waals surface area contributed by atoms with Gasteiger partial charge in [0.1, 0.15) is 17.3 Å². The quantitative estimate of drug-likeness (QED) is 0.747. The molecule has 4 rings (SSSR count). The number of amides is 1. The summed E-state index contributed by atoms with van der Waals surface area (Å²) in [5.74, 6) is 2.44. The largest absolute Gasteiger partial charge is 0.495 e.